The van der Waals surface area contributed by atoms with Crippen LogP contribution in [-0.2, 0) is 24.1 Å². The van der Waals surface area contributed by atoms with Gasteiger partial charge in [0.1, 0.15) is 12.1 Å². The average Bonchev–Trinajstić information content (AvgIpc) is 3.02. The van der Waals surface area contributed by atoms with E-state index >= 15 is 0 Å². The van der Waals surface area contributed by atoms with Crippen LogP contribution >= 0.6 is 0 Å². The molecule has 3 rings (SSSR count). The van der Waals surface area contributed by atoms with Crippen molar-refractivity contribution in [3.63, 3.8) is 0 Å². The van der Waals surface area contributed by atoms with Crippen LogP contribution in [0.15, 0.2) is 48.8 Å². The highest BCUT2D eigenvalue weighted by Crippen LogP contribution is 2.29. The number of imidazole rings is 1. The molecule has 0 saturated heterocycles. The molecule has 1 amide bonds. The van der Waals surface area contributed by atoms with Gasteiger partial charge in [0.25, 0.3) is 5.69 Å². The number of benzene rings is 2. The van der Waals surface area contributed by atoms with Gasteiger partial charge in [0, 0.05) is 12.6 Å². The van der Waals surface area contributed by atoms with Gasteiger partial charge in [-0.25, -0.2) is 4.98 Å². The van der Waals surface area contributed by atoms with Crippen molar-refractivity contribution in [1.29, 1.82) is 0 Å². The molecule has 0 spiro atoms. The summed E-state index contributed by atoms with van der Waals surface area (Å²) >= 11 is 0. The summed E-state index contributed by atoms with van der Waals surface area (Å²) in [7, 11) is 0. The molecule has 10 heteroatoms. The highest BCUT2D eigenvalue weighted by Gasteiger charge is 2.29. The van der Waals surface area contributed by atoms with Crippen LogP contribution in [-0.4, -0.2) is 20.4 Å². The highest BCUT2D eigenvalue weighted by atomic mass is 19.4. The molecule has 0 bridgehead atoms. The van der Waals surface area contributed by atoms with Crippen molar-refractivity contribution >= 4 is 22.6 Å². The highest BCUT2D eigenvalue weighted by molar-refractivity contribution is 5.86. The summed E-state index contributed by atoms with van der Waals surface area (Å²) in [5.41, 5.74) is 0.181. The number of para-hydroxylation sites is 1. The zero-order valence-corrected chi connectivity index (χ0v) is 13.7. The number of aromatic nitrogens is 2. The molecule has 0 aliphatic heterocycles. The Labute approximate surface area is 150 Å². The van der Waals surface area contributed by atoms with E-state index in [1.54, 1.807) is 6.07 Å². The van der Waals surface area contributed by atoms with Crippen LogP contribution < -0.4 is 5.32 Å². The Morgan fingerprint density at radius 2 is 1.89 bits per heavy atom. The molecule has 0 fully saturated rings. The van der Waals surface area contributed by atoms with Crippen molar-refractivity contribution < 1.29 is 22.9 Å². The second-order valence-corrected chi connectivity index (χ2v) is 5.75. The third kappa shape index (κ3) is 4.05. The number of hydrogen-bond acceptors (Lipinski definition) is 4. The lowest BCUT2D eigenvalue weighted by atomic mass is 10.1. The van der Waals surface area contributed by atoms with Gasteiger partial charge in [-0.2, -0.15) is 13.2 Å². The molecule has 1 N–H and O–H groups in total. The third-order valence-electron chi connectivity index (χ3n) is 3.90. The van der Waals surface area contributed by atoms with Crippen molar-refractivity contribution in [2.75, 3.05) is 0 Å². The molecular formula is C17H13F3N4O3. The summed E-state index contributed by atoms with van der Waals surface area (Å²) in [4.78, 5) is 26.8. The number of alkyl halides is 3. The monoisotopic (exact) mass is 378 g/mol. The van der Waals surface area contributed by atoms with Gasteiger partial charge in [0.2, 0.25) is 5.91 Å². The van der Waals surface area contributed by atoms with E-state index in [1.807, 2.05) is 0 Å². The number of rotatable bonds is 5. The number of fused-ring (bicyclic) bond motifs is 1. The SMILES string of the molecule is O=C(Cn1cnc2cccc([N+](=O)[O-])c21)NCc1ccc(C(F)(F)F)cc1. The summed E-state index contributed by atoms with van der Waals surface area (Å²) in [5, 5.41) is 13.7. The zero-order chi connectivity index (χ0) is 19.6. The molecule has 0 unspecified atom stereocenters. The number of carbonyl (C=O) groups is 1. The summed E-state index contributed by atoms with van der Waals surface area (Å²) in [6.07, 6.45) is -3.09. The van der Waals surface area contributed by atoms with Crippen LogP contribution in [0.25, 0.3) is 11.0 Å². The number of carbonyl (C=O) groups excluding carboxylic acids is 1. The van der Waals surface area contributed by atoms with E-state index in [-0.39, 0.29) is 24.3 Å². The van der Waals surface area contributed by atoms with Crippen LogP contribution in [0.2, 0.25) is 0 Å². The number of nitro benzene ring substituents is 1. The van der Waals surface area contributed by atoms with Gasteiger partial charge in [-0.1, -0.05) is 18.2 Å². The molecule has 2 aromatic carbocycles. The molecule has 140 valence electrons. The Balaban J connectivity index is 1.68. The second kappa shape index (κ2) is 7.06. The maximum atomic E-state index is 12.5. The lowest BCUT2D eigenvalue weighted by Crippen LogP contribution is -2.27. The van der Waals surface area contributed by atoms with Gasteiger partial charge < -0.3 is 9.88 Å². The molecule has 27 heavy (non-hydrogen) atoms. The number of nitro groups is 1. The van der Waals surface area contributed by atoms with Crippen molar-refractivity contribution in [2.45, 2.75) is 19.3 Å². The van der Waals surface area contributed by atoms with Gasteiger partial charge in [0.15, 0.2) is 0 Å². The lowest BCUT2D eigenvalue weighted by Gasteiger charge is -2.09. The van der Waals surface area contributed by atoms with Gasteiger partial charge in [-0.3, -0.25) is 14.9 Å². The molecule has 3 aromatic rings. The number of non-ortho nitro benzene ring substituents is 1. The van der Waals surface area contributed by atoms with E-state index in [9.17, 15) is 28.1 Å². The van der Waals surface area contributed by atoms with Crippen LogP contribution in [0.3, 0.4) is 0 Å². The molecule has 1 aromatic heterocycles. The first-order valence-electron chi connectivity index (χ1n) is 7.77. The summed E-state index contributed by atoms with van der Waals surface area (Å²) in [6.45, 7) is -0.173. The fraction of sp³-hybridized carbons (Fsp3) is 0.176. The van der Waals surface area contributed by atoms with Gasteiger partial charge >= 0.3 is 6.18 Å². The maximum absolute atomic E-state index is 12.5. The molecular weight excluding hydrogens is 365 g/mol. The van der Waals surface area contributed by atoms with Gasteiger partial charge in [0.05, 0.1) is 22.3 Å². The topological polar surface area (TPSA) is 90.1 Å². The quantitative estimate of drug-likeness (QED) is 0.545. The first kappa shape index (κ1) is 18.4. The molecule has 0 saturated carbocycles. The summed E-state index contributed by atoms with van der Waals surface area (Å²) in [6, 6.07) is 8.85. The minimum absolute atomic E-state index is 0.0334. The number of amides is 1. The largest absolute Gasteiger partial charge is 0.416 e. The van der Waals surface area contributed by atoms with Gasteiger partial charge in [-0.05, 0) is 23.8 Å². The van der Waals surface area contributed by atoms with E-state index in [1.165, 1.54) is 35.2 Å². The van der Waals surface area contributed by atoms with E-state index < -0.39 is 22.6 Å². The molecule has 0 aliphatic carbocycles. The fourth-order valence-corrected chi connectivity index (χ4v) is 2.60. The minimum atomic E-state index is -4.42. The predicted octanol–water partition coefficient (Wildman–Crippen LogP) is 3.28. The number of halogens is 3. The Kier molecular flexibility index (Phi) is 4.80. The molecule has 1 heterocycles. The summed E-state index contributed by atoms with van der Waals surface area (Å²) < 4.78 is 39.0. The minimum Gasteiger partial charge on any atom is -0.350 e. The third-order valence-corrected chi connectivity index (χ3v) is 3.90. The van der Waals surface area contributed by atoms with Crippen LogP contribution in [0.1, 0.15) is 11.1 Å². The molecule has 0 radical (unpaired) electrons. The number of nitrogens with one attached hydrogen (secondary N) is 1. The Morgan fingerprint density at radius 1 is 1.19 bits per heavy atom. The number of nitrogens with zero attached hydrogens (tertiary/aromatic N) is 3. The van der Waals surface area contributed by atoms with Crippen molar-refractivity contribution in [1.82, 2.24) is 14.9 Å². The van der Waals surface area contributed by atoms with Crippen molar-refractivity contribution in [2.24, 2.45) is 0 Å². The molecule has 7 nitrogen and oxygen atoms in total. The Hall–Kier alpha value is -3.43. The Bertz CT molecular complexity index is 997. The average molecular weight is 378 g/mol. The zero-order valence-electron chi connectivity index (χ0n) is 13.7. The van der Waals surface area contributed by atoms with Crippen molar-refractivity contribution in [3.8, 4) is 0 Å². The van der Waals surface area contributed by atoms with Crippen molar-refractivity contribution in [3.05, 3.63) is 70.0 Å². The second-order valence-electron chi connectivity index (χ2n) is 5.75. The lowest BCUT2D eigenvalue weighted by molar-refractivity contribution is -0.383. The molecule has 0 atom stereocenters. The smallest absolute Gasteiger partial charge is 0.350 e. The first-order chi connectivity index (χ1) is 12.8. The van der Waals surface area contributed by atoms with E-state index in [2.05, 4.69) is 10.3 Å². The van der Waals surface area contributed by atoms with E-state index in [4.69, 9.17) is 0 Å². The summed E-state index contributed by atoms with van der Waals surface area (Å²) in [5.74, 6) is -0.452. The Morgan fingerprint density at radius 3 is 2.52 bits per heavy atom. The van der Waals surface area contributed by atoms with Crippen LogP contribution in [0, 0.1) is 10.1 Å². The fourth-order valence-electron chi connectivity index (χ4n) is 2.60. The van der Waals surface area contributed by atoms with Crippen LogP contribution in [0.5, 0.6) is 0 Å². The predicted molar refractivity (Wildman–Crippen MR) is 89.7 cm³/mol. The van der Waals surface area contributed by atoms with E-state index in [0.717, 1.165) is 12.1 Å². The van der Waals surface area contributed by atoms with Crippen LogP contribution in [0.4, 0.5) is 18.9 Å². The van der Waals surface area contributed by atoms with Gasteiger partial charge in [-0.15, -0.1) is 0 Å². The maximum Gasteiger partial charge on any atom is 0.416 e. The first-order valence-corrected chi connectivity index (χ1v) is 7.77. The van der Waals surface area contributed by atoms with E-state index in [0.29, 0.717) is 11.1 Å². The molecule has 0 aliphatic rings. The normalized spacial score (nSPS) is 11.5. The number of hydrogen-bond donors (Lipinski definition) is 1. The standard InChI is InChI=1S/C17H13F3N4O3/c18-17(19,20)12-6-4-11(5-7-12)8-21-15(25)9-23-10-22-13-2-1-3-14(16(13)23)24(26)27/h1-7,10H,8-9H2,(H,21,25).